The summed E-state index contributed by atoms with van der Waals surface area (Å²) in [6.45, 7) is 7.59. The number of nitrogens with two attached hydrogens (primary N) is 1. The first kappa shape index (κ1) is 19.9. The third-order valence-corrected chi connectivity index (χ3v) is 3.34. The summed E-state index contributed by atoms with van der Waals surface area (Å²) in [6.07, 6.45) is 0. The summed E-state index contributed by atoms with van der Waals surface area (Å²) in [5.74, 6) is 0.130. The van der Waals surface area contributed by atoms with Crippen LogP contribution in [0, 0.1) is 11.8 Å². The molecule has 1 aromatic rings. The molecule has 0 heterocycles. The molecule has 0 aliphatic carbocycles. The molecule has 21 heavy (non-hydrogen) atoms. The summed E-state index contributed by atoms with van der Waals surface area (Å²) in [4.78, 5) is 11.8. The molecule has 0 saturated carbocycles. The number of hydrogen-bond acceptors (Lipinski definition) is 3. The van der Waals surface area contributed by atoms with E-state index in [9.17, 15) is 4.79 Å². The van der Waals surface area contributed by atoms with Crippen molar-refractivity contribution in [2.24, 2.45) is 17.6 Å². The van der Waals surface area contributed by atoms with E-state index in [0.29, 0.717) is 19.8 Å². The molecule has 1 amide bonds. The monoisotopic (exact) mass is 314 g/mol. The molecule has 0 radical (unpaired) electrons. The maximum Gasteiger partial charge on any atom is 0.224 e. The Morgan fingerprint density at radius 2 is 1.86 bits per heavy atom. The lowest BCUT2D eigenvalue weighted by atomic mass is 10.0. The minimum Gasteiger partial charge on any atom is -0.376 e. The number of carbonyl (C=O) groups is 1. The zero-order valence-electron chi connectivity index (χ0n) is 13.0. The third kappa shape index (κ3) is 8.05. The summed E-state index contributed by atoms with van der Waals surface area (Å²) in [7, 11) is 0. The van der Waals surface area contributed by atoms with Crippen LogP contribution < -0.4 is 11.1 Å². The predicted octanol–water partition coefficient (Wildman–Crippen LogP) is 2.36. The van der Waals surface area contributed by atoms with E-state index in [4.69, 9.17) is 10.5 Å². The number of rotatable bonds is 8. The molecule has 0 spiro atoms. The molecule has 0 fully saturated rings. The average Bonchev–Trinajstić information content (AvgIpc) is 2.45. The molecule has 1 rings (SSSR count). The number of ether oxygens (including phenoxy) is 1. The molecular formula is C16H27ClN2O2. The molecule has 3 N–H and O–H groups in total. The minimum absolute atomic E-state index is 0. The van der Waals surface area contributed by atoms with Crippen molar-refractivity contribution in [3.63, 3.8) is 0 Å². The second-order valence-corrected chi connectivity index (χ2v) is 5.50. The lowest BCUT2D eigenvalue weighted by Gasteiger charge is -2.18. The second kappa shape index (κ2) is 10.6. The molecule has 5 heteroatoms. The molecule has 0 saturated heterocycles. The molecule has 1 aromatic carbocycles. The molecule has 0 aliphatic rings. The van der Waals surface area contributed by atoms with Crippen molar-refractivity contribution in [3.8, 4) is 0 Å². The van der Waals surface area contributed by atoms with E-state index in [0.717, 1.165) is 5.56 Å². The van der Waals surface area contributed by atoms with Crippen molar-refractivity contribution >= 4 is 18.3 Å². The molecule has 3 atom stereocenters. The van der Waals surface area contributed by atoms with Gasteiger partial charge in [0.15, 0.2) is 0 Å². The van der Waals surface area contributed by atoms with Crippen LogP contribution in [0.4, 0.5) is 0 Å². The van der Waals surface area contributed by atoms with Crippen LogP contribution in [0.15, 0.2) is 30.3 Å². The van der Waals surface area contributed by atoms with Crippen molar-refractivity contribution in [1.29, 1.82) is 0 Å². The molecule has 0 aromatic heterocycles. The molecule has 120 valence electrons. The topological polar surface area (TPSA) is 64.4 Å². The van der Waals surface area contributed by atoms with Gasteiger partial charge in [-0.25, -0.2) is 0 Å². The quantitative estimate of drug-likeness (QED) is 0.774. The van der Waals surface area contributed by atoms with E-state index in [1.807, 2.05) is 44.2 Å². The Balaban J connectivity index is 0.00000400. The van der Waals surface area contributed by atoms with E-state index < -0.39 is 0 Å². The Hall–Kier alpha value is -1.10. The highest BCUT2D eigenvalue weighted by Crippen LogP contribution is 2.04. The van der Waals surface area contributed by atoms with Gasteiger partial charge >= 0.3 is 0 Å². The Morgan fingerprint density at radius 1 is 1.24 bits per heavy atom. The van der Waals surface area contributed by atoms with Crippen LogP contribution in [0.3, 0.4) is 0 Å². The van der Waals surface area contributed by atoms with Gasteiger partial charge in [0.2, 0.25) is 5.91 Å². The number of amides is 1. The lowest BCUT2D eigenvalue weighted by Crippen LogP contribution is -2.40. The van der Waals surface area contributed by atoms with E-state index in [1.54, 1.807) is 0 Å². The van der Waals surface area contributed by atoms with Crippen molar-refractivity contribution in [2.45, 2.75) is 33.4 Å². The fraction of sp³-hybridized carbons (Fsp3) is 0.562. The normalized spacial score (nSPS) is 14.7. The minimum atomic E-state index is -0.160. The molecule has 3 unspecified atom stereocenters. The van der Waals surface area contributed by atoms with Crippen molar-refractivity contribution in [2.75, 3.05) is 13.2 Å². The van der Waals surface area contributed by atoms with Gasteiger partial charge in [0, 0.05) is 18.5 Å². The molecular weight excluding hydrogens is 288 g/mol. The maximum atomic E-state index is 11.8. The molecule has 4 nitrogen and oxygen atoms in total. The zero-order chi connectivity index (χ0) is 15.0. The molecule has 0 aliphatic heterocycles. The first-order valence-corrected chi connectivity index (χ1v) is 7.15. The smallest absolute Gasteiger partial charge is 0.224 e. The predicted molar refractivity (Wildman–Crippen MR) is 88.3 cm³/mol. The number of benzene rings is 1. The van der Waals surface area contributed by atoms with Crippen molar-refractivity contribution < 1.29 is 9.53 Å². The van der Waals surface area contributed by atoms with E-state index in [-0.39, 0.29) is 36.2 Å². The summed E-state index contributed by atoms with van der Waals surface area (Å²) in [5, 5.41) is 2.91. The van der Waals surface area contributed by atoms with E-state index in [1.165, 1.54) is 0 Å². The number of halogens is 1. The van der Waals surface area contributed by atoms with Crippen molar-refractivity contribution in [3.05, 3.63) is 35.9 Å². The standard InChI is InChI=1S/C16H26N2O2.ClH/c1-12(9-18-16(19)13(2)14(3)17)10-20-11-15-7-5-4-6-8-15;/h4-8,12-14H,9-11,17H2,1-3H3,(H,18,19);1H. The van der Waals surface area contributed by atoms with Crippen LogP contribution >= 0.6 is 12.4 Å². The van der Waals surface area contributed by atoms with Gasteiger partial charge in [0.1, 0.15) is 0 Å². The summed E-state index contributed by atoms with van der Waals surface area (Å²) in [5.41, 5.74) is 6.86. The van der Waals surface area contributed by atoms with Gasteiger partial charge < -0.3 is 15.8 Å². The fourth-order valence-electron chi connectivity index (χ4n) is 1.69. The van der Waals surface area contributed by atoms with Gasteiger partial charge in [-0.05, 0) is 18.4 Å². The van der Waals surface area contributed by atoms with Gasteiger partial charge in [-0.1, -0.05) is 44.2 Å². The fourth-order valence-corrected chi connectivity index (χ4v) is 1.69. The highest BCUT2D eigenvalue weighted by Gasteiger charge is 2.17. The number of carbonyl (C=O) groups excluding carboxylic acids is 1. The summed E-state index contributed by atoms with van der Waals surface area (Å²) < 4.78 is 5.65. The Morgan fingerprint density at radius 3 is 2.43 bits per heavy atom. The maximum absolute atomic E-state index is 11.8. The van der Waals surface area contributed by atoms with Gasteiger partial charge in [0.05, 0.1) is 13.2 Å². The van der Waals surface area contributed by atoms with Crippen LogP contribution in [0.1, 0.15) is 26.3 Å². The van der Waals surface area contributed by atoms with Gasteiger partial charge in [-0.2, -0.15) is 0 Å². The zero-order valence-corrected chi connectivity index (χ0v) is 13.9. The Labute approximate surface area is 133 Å². The third-order valence-electron chi connectivity index (χ3n) is 3.34. The first-order valence-electron chi connectivity index (χ1n) is 7.15. The van der Waals surface area contributed by atoms with Crippen LogP contribution in [-0.4, -0.2) is 25.1 Å². The average molecular weight is 315 g/mol. The van der Waals surface area contributed by atoms with Crippen LogP contribution in [0.5, 0.6) is 0 Å². The Kier molecular flexibility index (Phi) is 10.0. The van der Waals surface area contributed by atoms with Gasteiger partial charge in [-0.15, -0.1) is 12.4 Å². The summed E-state index contributed by atoms with van der Waals surface area (Å²) >= 11 is 0. The van der Waals surface area contributed by atoms with E-state index in [2.05, 4.69) is 12.2 Å². The summed E-state index contributed by atoms with van der Waals surface area (Å²) in [6, 6.07) is 9.93. The molecule has 0 bridgehead atoms. The highest BCUT2D eigenvalue weighted by atomic mass is 35.5. The SMILES string of the molecule is CC(CNC(=O)C(C)C(C)N)COCc1ccccc1.Cl. The first-order chi connectivity index (χ1) is 9.50. The van der Waals surface area contributed by atoms with Gasteiger partial charge in [0.25, 0.3) is 0 Å². The van der Waals surface area contributed by atoms with Gasteiger partial charge in [-0.3, -0.25) is 4.79 Å². The van der Waals surface area contributed by atoms with Crippen LogP contribution in [0.25, 0.3) is 0 Å². The van der Waals surface area contributed by atoms with Crippen LogP contribution in [0.2, 0.25) is 0 Å². The van der Waals surface area contributed by atoms with Crippen molar-refractivity contribution in [1.82, 2.24) is 5.32 Å². The van der Waals surface area contributed by atoms with E-state index >= 15 is 0 Å². The number of nitrogens with one attached hydrogen (secondary N) is 1. The largest absolute Gasteiger partial charge is 0.376 e. The highest BCUT2D eigenvalue weighted by molar-refractivity contribution is 5.85. The second-order valence-electron chi connectivity index (χ2n) is 5.50. The lowest BCUT2D eigenvalue weighted by molar-refractivity contribution is -0.125. The number of hydrogen-bond donors (Lipinski definition) is 2. The van der Waals surface area contributed by atoms with Crippen LogP contribution in [-0.2, 0) is 16.1 Å². The Bertz CT molecular complexity index is 399.